The summed E-state index contributed by atoms with van der Waals surface area (Å²) in [6.07, 6.45) is 5.87. The van der Waals surface area contributed by atoms with E-state index in [0.717, 1.165) is 62.8 Å². The Morgan fingerprint density at radius 3 is 2.88 bits per heavy atom. The maximum atomic E-state index is 13.9. The molecule has 6 nitrogen and oxygen atoms in total. The third kappa shape index (κ3) is 3.04. The van der Waals surface area contributed by atoms with Crippen molar-refractivity contribution in [2.45, 2.75) is 51.1 Å². The van der Waals surface area contributed by atoms with Gasteiger partial charge in [-0.1, -0.05) is 12.5 Å². The highest BCUT2D eigenvalue weighted by atomic mass is 19.2. The minimum absolute atomic E-state index is 0.152. The van der Waals surface area contributed by atoms with Gasteiger partial charge in [0.2, 0.25) is 0 Å². The molecule has 0 aliphatic carbocycles. The van der Waals surface area contributed by atoms with Crippen LogP contribution in [0.2, 0.25) is 0 Å². The number of urea groups is 1. The number of carbonyl (C=O) groups excluding carboxylic acids is 1. The fourth-order valence-electron chi connectivity index (χ4n) is 3.82. The predicted octanol–water partition coefficient (Wildman–Crippen LogP) is 3.65. The number of fused-ring (bicyclic) bond motifs is 1. The van der Waals surface area contributed by atoms with E-state index in [4.69, 9.17) is 0 Å². The van der Waals surface area contributed by atoms with Gasteiger partial charge in [0.25, 0.3) is 0 Å². The van der Waals surface area contributed by atoms with Gasteiger partial charge in [0, 0.05) is 19.5 Å². The van der Waals surface area contributed by atoms with Crippen LogP contribution in [0, 0.1) is 11.6 Å². The Morgan fingerprint density at radius 2 is 2.00 bits per heavy atom. The summed E-state index contributed by atoms with van der Waals surface area (Å²) in [5.74, 6) is -0.258. The van der Waals surface area contributed by atoms with E-state index in [1.807, 2.05) is 0 Å². The van der Waals surface area contributed by atoms with Crippen molar-refractivity contribution in [2.24, 2.45) is 0 Å². The maximum Gasteiger partial charge on any atom is 0.322 e. The van der Waals surface area contributed by atoms with Crippen LogP contribution in [-0.2, 0) is 13.0 Å². The standard InChI is InChI=1S/C18H21F2N5O/c19-12-6-4-7-13(16(12)20)21-18(26)24-11-5-8-14(24)17-23-22-15-9-2-1-3-10-25(15)17/h4,6-7,14H,1-3,5,8-11H2,(H,21,26)/t14-/m1/s1. The first kappa shape index (κ1) is 16.9. The molecular weight excluding hydrogens is 340 g/mol. The summed E-state index contributed by atoms with van der Waals surface area (Å²) in [4.78, 5) is 14.3. The Morgan fingerprint density at radius 1 is 1.12 bits per heavy atom. The van der Waals surface area contributed by atoms with Gasteiger partial charge in [-0.05, 0) is 37.8 Å². The molecule has 1 N–H and O–H groups in total. The fraction of sp³-hybridized carbons (Fsp3) is 0.500. The van der Waals surface area contributed by atoms with Crippen molar-refractivity contribution < 1.29 is 13.6 Å². The molecule has 2 aliphatic rings. The van der Waals surface area contributed by atoms with Crippen LogP contribution in [0.1, 0.15) is 49.8 Å². The van der Waals surface area contributed by atoms with Gasteiger partial charge in [0.1, 0.15) is 5.82 Å². The van der Waals surface area contributed by atoms with Crippen molar-refractivity contribution in [3.8, 4) is 0 Å². The van der Waals surface area contributed by atoms with Crippen LogP contribution in [-0.4, -0.2) is 32.2 Å². The zero-order chi connectivity index (χ0) is 18.1. The van der Waals surface area contributed by atoms with Crippen LogP contribution < -0.4 is 5.32 Å². The minimum atomic E-state index is -1.05. The molecule has 1 aromatic heterocycles. The zero-order valence-electron chi connectivity index (χ0n) is 14.4. The number of likely N-dealkylation sites (tertiary alicyclic amines) is 1. The van der Waals surface area contributed by atoms with Gasteiger partial charge >= 0.3 is 6.03 Å². The molecule has 0 unspecified atom stereocenters. The fourth-order valence-corrected chi connectivity index (χ4v) is 3.82. The third-order valence-electron chi connectivity index (χ3n) is 5.14. The number of hydrogen-bond donors (Lipinski definition) is 1. The molecule has 0 saturated carbocycles. The number of aryl methyl sites for hydroxylation is 1. The lowest BCUT2D eigenvalue weighted by molar-refractivity contribution is 0.203. The van der Waals surface area contributed by atoms with Gasteiger partial charge in [-0.2, -0.15) is 0 Å². The quantitative estimate of drug-likeness (QED) is 0.888. The first-order valence-electron chi connectivity index (χ1n) is 9.09. The van der Waals surface area contributed by atoms with Gasteiger partial charge < -0.3 is 14.8 Å². The van der Waals surface area contributed by atoms with Crippen molar-refractivity contribution >= 4 is 11.7 Å². The second kappa shape index (κ2) is 7.01. The first-order chi connectivity index (χ1) is 12.6. The van der Waals surface area contributed by atoms with Crippen LogP contribution in [0.15, 0.2) is 18.2 Å². The largest absolute Gasteiger partial charge is 0.322 e. The van der Waals surface area contributed by atoms with E-state index >= 15 is 0 Å². The predicted molar refractivity (Wildman–Crippen MR) is 91.6 cm³/mol. The average Bonchev–Trinajstić information content (AvgIpc) is 3.20. The molecule has 8 heteroatoms. The van der Waals surface area contributed by atoms with Crippen molar-refractivity contribution in [2.75, 3.05) is 11.9 Å². The van der Waals surface area contributed by atoms with Gasteiger partial charge in [-0.3, -0.25) is 0 Å². The smallest absolute Gasteiger partial charge is 0.314 e. The number of anilines is 1. The van der Waals surface area contributed by atoms with E-state index in [1.165, 1.54) is 12.1 Å². The van der Waals surface area contributed by atoms with E-state index in [-0.39, 0.29) is 11.7 Å². The van der Waals surface area contributed by atoms with Gasteiger partial charge in [-0.15, -0.1) is 10.2 Å². The number of hydrogen-bond acceptors (Lipinski definition) is 3. The molecule has 1 aromatic carbocycles. The number of rotatable bonds is 2. The summed E-state index contributed by atoms with van der Waals surface area (Å²) < 4.78 is 29.4. The molecule has 3 heterocycles. The van der Waals surface area contributed by atoms with Gasteiger partial charge in [0.15, 0.2) is 17.5 Å². The maximum absolute atomic E-state index is 13.9. The van der Waals surface area contributed by atoms with Crippen molar-refractivity contribution in [3.05, 3.63) is 41.5 Å². The lowest BCUT2D eigenvalue weighted by atomic mass is 10.2. The summed E-state index contributed by atoms with van der Waals surface area (Å²) in [5, 5.41) is 11.2. The molecule has 4 rings (SSSR count). The van der Waals surface area contributed by atoms with E-state index in [2.05, 4.69) is 20.1 Å². The van der Waals surface area contributed by atoms with E-state index < -0.39 is 17.7 Å². The molecule has 2 aliphatic heterocycles. The number of nitrogens with zero attached hydrogens (tertiary/aromatic N) is 4. The monoisotopic (exact) mass is 361 g/mol. The van der Waals surface area contributed by atoms with Gasteiger partial charge in [-0.25, -0.2) is 13.6 Å². The van der Waals surface area contributed by atoms with Crippen molar-refractivity contribution in [3.63, 3.8) is 0 Å². The van der Waals surface area contributed by atoms with Crippen molar-refractivity contribution in [1.82, 2.24) is 19.7 Å². The minimum Gasteiger partial charge on any atom is -0.314 e. The number of halogens is 2. The van der Waals surface area contributed by atoms with Crippen LogP contribution in [0.3, 0.4) is 0 Å². The number of carbonyl (C=O) groups is 1. The molecule has 2 aromatic rings. The molecular formula is C18H21F2N5O. The molecule has 0 spiro atoms. The van der Waals surface area contributed by atoms with E-state index in [9.17, 15) is 13.6 Å². The average molecular weight is 361 g/mol. The summed E-state index contributed by atoms with van der Waals surface area (Å²) in [6.45, 7) is 1.41. The Hall–Kier alpha value is -2.51. The highest BCUT2D eigenvalue weighted by Crippen LogP contribution is 2.33. The Labute approximate surface area is 150 Å². The molecule has 0 radical (unpaired) electrons. The van der Waals surface area contributed by atoms with E-state index in [1.54, 1.807) is 4.90 Å². The molecule has 2 amide bonds. The molecule has 1 saturated heterocycles. The Kier molecular flexibility index (Phi) is 4.57. The summed E-state index contributed by atoms with van der Waals surface area (Å²) in [5.41, 5.74) is -0.152. The summed E-state index contributed by atoms with van der Waals surface area (Å²) >= 11 is 0. The normalized spacial score (nSPS) is 19.9. The van der Waals surface area contributed by atoms with Gasteiger partial charge in [0.05, 0.1) is 11.7 Å². The van der Waals surface area contributed by atoms with Crippen molar-refractivity contribution in [1.29, 1.82) is 0 Å². The second-order valence-electron chi connectivity index (χ2n) is 6.82. The Bertz CT molecular complexity index is 822. The highest BCUT2D eigenvalue weighted by molar-refractivity contribution is 5.89. The summed E-state index contributed by atoms with van der Waals surface area (Å²) in [6, 6.07) is 3.11. The van der Waals surface area contributed by atoms with Crippen LogP contribution in [0.5, 0.6) is 0 Å². The SMILES string of the molecule is O=C(Nc1cccc(F)c1F)N1CCC[C@@H]1c1nnc2n1CCCCC2. The number of benzene rings is 1. The summed E-state index contributed by atoms with van der Waals surface area (Å²) in [7, 11) is 0. The van der Waals surface area contributed by atoms with Crippen LogP contribution in [0.25, 0.3) is 0 Å². The van der Waals surface area contributed by atoms with Crippen LogP contribution in [0.4, 0.5) is 19.3 Å². The number of aromatic nitrogens is 3. The third-order valence-corrected chi connectivity index (χ3v) is 5.14. The van der Waals surface area contributed by atoms with Crippen LogP contribution >= 0.6 is 0 Å². The Balaban J connectivity index is 1.56. The molecule has 1 atom stereocenters. The number of amides is 2. The van der Waals surface area contributed by atoms with E-state index in [0.29, 0.717) is 6.54 Å². The zero-order valence-corrected chi connectivity index (χ0v) is 14.4. The molecule has 138 valence electrons. The number of nitrogens with one attached hydrogen (secondary N) is 1. The highest BCUT2D eigenvalue weighted by Gasteiger charge is 2.34. The molecule has 26 heavy (non-hydrogen) atoms. The first-order valence-corrected chi connectivity index (χ1v) is 9.09. The lowest BCUT2D eigenvalue weighted by Crippen LogP contribution is -2.36. The molecule has 0 bridgehead atoms. The second-order valence-corrected chi connectivity index (χ2v) is 6.82. The lowest BCUT2D eigenvalue weighted by Gasteiger charge is -2.25. The molecule has 1 fully saturated rings. The topological polar surface area (TPSA) is 63.1 Å².